The molecule has 33 heavy (non-hydrogen) atoms. The smallest absolute Gasteiger partial charge is 0.262 e. The Morgan fingerprint density at radius 1 is 1.12 bits per heavy atom. The van der Waals surface area contributed by atoms with Crippen LogP contribution < -0.4 is 14.8 Å². The van der Waals surface area contributed by atoms with Crippen LogP contribution in [0.4, 0.5) is 11.4 Å². The normalized spacial score (nSPS) is 12.5. The van der Waals surface area contributed by atoms with Gasteiger partial charge in [0.05, 0.1) is 15.6 Å². The highest BCUT2D eigenvalue weighted by molar-refractivity contribution is 7.93. The molecule has 10 heteroatoms. The summed E-state index contributed by atoms with van der Waals surface area (Å²) in [6.07, 6.45) is 0. The molecule has 1 heterocycles. The zero-order chi connectivity index (χ0) is 23.8. The van der Waals surface area contributed by atoms with Crippen molar-refractivity contribution in [2.45, 2.75) is 18.7 Å². The second-order valence-corrected chi connectivity index (χ2v) is 9.46. The van der Waals surface area contributed by atoms with Crippen LogP contribution in [0, 0.1) is 0 Å². The Morgan fingerprint density at radius 3 is 2.58 bits per heavy atom. The number of amides is 2. The summed E-state index contributed by atoms with van der Waals surface area (Å²) in [5, 5.41) is 3.91. The minimum atomic E-state index is -3.99. The molecule has 1 aliphatic heterocycles. The van der Waals surface area contributed by atoms with Gasteiger partial charge in [-0.15, -0.1) is 0 Å². The first kappa shape index (κ1) is 22.9. The Bertz CT molecular complexity index is 1370. The fraction of sp³-hybridized carbons (Fsp3) is 0.217. The predicted molar refractivity (Wildman–Crippen MR) is 128 cm³/mol. The Labute approximate surface area is 196 Å². The van der Waals surface area contributed by atoms with Gasteiger partial charge in [0.25, 0.3) is 21.8 Å². The van der Waals surface area contributed by atoms with Crippen molar-refractivity contribution in [3.63, 3.8) is 0 Å². The van der Waals surface area contributed by atoms with E-state index in [2.05, 4.69) is 10.0 Å². The fourth-order valence-electron chi connectivity index (χ4n) is 3.80. The third-order valence-corrected chi connectivity index (χ3v) is 7.17. The summed E-state index contributed by atoms with van der Waals surface area (Å²) in [4.78, 5) is 25.9. The van der Waals surface area contributed by atoms with Gasteiger partial charge in [-0.05, 0) is 50.2 Å². The fourth-order valence-corrected chi connectivity index (χ4v) is 5.29. The van der Waals surface area contributed by atoms with Crippen molar-refractivity contribution < 1.29 is 22.7 Å². The Balaban J connectivity index is 1.56. The van der Waals surface area contributed by atoms with E-state index < -0.39 is 10.0 Å². The molecule has 1 aliphatic rings. The van der Waals surface area contributed by atoms with Crippen LogP contribution in [0.25, 0.3) is 10.8 Å². The zero-order valence-electron chi connectivity index (χ0n) is 18.0. The van der Waals surface area contributed by atoms with Gasteiger partial charge in [0, 0.05) is 35.1 Å². The molecule has 0 atom stereocenters. The van der Waals surface area contributed by atoms with Crippen LogP contribution in [-0.2, 0) is 14.8 Å². The Kier molecular flexibility index (Phi) is 6.18. The zero-order valence-corrected chi connectivity index (χ0v) is 19.6. The van der Waals surface area contributed by atoms with Crippen LogP contribution in [0.1, 0.15) is 24.2 Å². The van der Waals surface area contributed by atoms with Gasteiger partial charge in [-0.3, -0.25) is 14.3 Å². The average Bonchev–Trinajstić information content (AvgIpc) is 3.11. The highest BCUT2D eigenvalue weighted by Crippen LogP contribution is 2.37. The molecular weight excluding hydrogens is 466 g/mol. The lowest BCUT2D eigenvalue weighted by Gasteiger charge is -2.19. The number of nitrogens with one attached hydrogen (secondary N) is 2. The summed E-state index contributed by atoms with van der Waals surface area (Å²) < 4.78 is 34.3. The van der Waals surface area contributed by atoms with Crippen molar-refractivity contribution in [1.29, 1.82) is 0 Å². The van der Waals surface area contributed by atoms with Gasteiger partial charge in [-0.1, -0.05) is 23.7 Å². The maximum absolute atomic E-state index is 13.2. The molecule has 2 amide bonds. The molecule has 0 saturated carbocycles. The van der Waals surface area contributed by atoms with Crippen molar-refractivity contribution >= 4 is 55.6 Å². The highest BCUT2D eigenvalue weighted by atomic mass is 35.5. The molecule has 0 radical (unpaired) electrons. The number of sulfonamides is 1. The van der Waals surface area contributed by atoms with Gasteiger partial charge in [0.2, 0.25) is 0 Å². The van der Waals surface area contributed by atoms with Crippen LogP contribution in [0.2, 0.25) is 5.02 Å². The number of carbonyl (C=O) groups is 2. The minimum absolute atomic E-state index is 0.0425. The van der Waals surface area contributed by atoms with E-state index in [1.165, 1.54) is 24.3 Å². The molecule has 0 spiro atoms. The minimum Gasteiger partial charge on any atom is -0.482 e. The molecule has 0 aromatic heterocycles. The molecule has 8 nitrogen and oxygen atoms in total. The number of ether oxygens (including phenoxy) is 1. The summed E-state index contributed by atoms with van der Waals surface area (Å²) in [7, 11) is -3.99. The summed E-state index contributed by atoms with van der Waals surface area (Å²) in [5.41, 5.74) is 1.25. The molecule has 0 unspecified atom stereocenters. The number of nitrogens with zero attached hydrogens (tertiary/aromatic N) is 1. The molecule has 172 valence electrons. The topological polar surface area (TPSA) is 105 Å². The number of rotatable bonds is 8. The van der Waals surface area contributed by atoms with Gasteiger partial charge in [-0.25, -0.2) is 8.42 Å². The van der Waals surface area contributed by atoms with E-state index in [9.17, 15) is 18.0 Å². The largest absolute Gasteiger partial charge is 0.482 e. The second kappa shape index (κ2) is 8.92. The molecule has 0 aliphatic carbocycles. The molecule has 0 bridgehead atoms. The standard InChI is InChI=1S/C23H22ClN3O5S/c1-3-27(4-2)21(28)13-32-19-10-8-14(12-17(19)24)26-33(30,31)20-11-9-18-22-15(20)6-5-7-16(22)23(29)25-18/h5-12,26H,3-4,13H2,1-2H3,(H,25,29). The predicted octanol–water partition coefficient (Wildman–Crippen LogP) is 4.11. The van der Waals surface area contributed by atoms with Crippen molar-refractivity contribution in [3.8, 4) is 5.75 Å². The summed E-state index contributed by atoms with van der Waals surface area (Å²) in [5.74, 6) is -0.157. The molecular formula is C23H22ClN3O5S. The third-order valence-electron chi connectivity index (χ3n) is 5.43. The van der Waals surface area contributed by atoms with Crippen molar-refractivity contribution in [3.05, 3.63) is 59.1 Å². The lowest BCUT2D eigenvalue weighted by Crippen LogP contribution is -2.34. The number of hydrogen-bond donors (Lipinski definition) is 2. The number of carbonyl (C=O) groups excluding carboxylic acids is 2. The average molecular weight is 488 g/mol. The number of benzene rings is 3. The summed E-state index contributed by atoms with van der Waals surface area (Å²) >= 11 is 6.27. The van der Waals surface area contributed by atoms with Gasteiger partial charge in [-0.2, -0.15) is 0 Å². The van der Waals surface area contributed by atoms with Crippen LogP contribution in [-0.4, -0.2) is 44.8 Å². The summed E-state index contributed by atoms with van der Waals surface area (Å²) in [6.45, 7) is 4.75. The van der Waals surface area contributed by atoms with Crippen LogP contribution in [0.15, 0.2) is 53.4 Å². The van der Waals surface area contributed by atoms with Crippen molar-refractivity contribution in [2.75, 3.05) is 29.7 Å². The van der Waals surface area contributed by atoms with Crippen LogP contribution in [0.3, 0.4) is 0 Å². The maximum Gasteiger partial charge on any atom is 0.262 e. The molecule has 0 saturated heterocycles. The number of anilines is 2. The first-order valence-corrected chi connectivity index (χ1v) is 12.2. The Morgan fingerprint density at radius 2 is 1.88 bits per heavy atom. The van der Waals surface area contributed by atoms with E-state index in [1.807, 2.05) is 13.8 Å². The number of halogens is 1. The van der Waals surface area contributed by atoms with Gasteiger partial charge < -0.3 is 15.0 Å². The van der Waals surface area contributed by atoms with Gasteiger partial charge in [0.1, 0.15) is 5.75 Å². The number of likely N-dealkylation sites (N-methyl/N-ethyl adjacent to an activating group) is 1. The van der Waals surface area contributed by atoms with Crippen LogP contribution >= 0.6 is 11.6 Å². The van der Waals surface area contributed by atoms with Crippen molar-refractivity contribution in [1.82, 2.24) is 4.90 Å². The van der Waals surface area contributed by atoms with Crippen LogP contribution in [0.5, 0.6) is 5.75 Å². The van der Waals surface area contributed by atoms with E-state index in [1.54, 1.807) is 29.2 Å². The quantitative estimate of drug-likeness (QED) is 0.497. The SMILES string of the molecule is CCN(CC)C(=O)COc1ccc(NS(=O)(=O)c2ccc3c4c(cccc24)C(=O)N3)cc1Cl. The van der Waals surface area contributed by atoms with E-state index in [-0.39, 0.29) is 39.8 Å². The van der Waals surface area contributed by atoms with Gasteiger partial charge >= 0.3 is 0 Å². The number of hydrogen-bond acceptors (Lipinski definition) is 5. The maximum atomic E-state index is 13.2. The molecule has 3 aromatic carbocycles. The van der Waals surface area contributed by atoms with E-state index in [0.29, 0.717) is 35.1 Å². The lowest BCUT2D eigenvalue weighted by atomic mass is 10.1. The lowest BCUT2D eigenvalue weighted by molar-refractivity contribution is -0.132. The first-order valence-electron chi connectivity index (χ1n) is 10.3. The molecule has 3 aromatic rings. The highest BCUT2D eigenvalue weighted by Gasteiger charge is 2.26. The van der Waals surface area contributed by atoms with Crippen molar-refractivity contribution in [2.24, 2.45) is 0 Å². The third kappa shape index (κ3) is 4.34. The first-order chi connectivity index (χ1) is 15.7. The molecule has 2 N–H and O–H groups in total. The summed E-state index contributed by atoms with van der Waals surface area (Å²) in [6, 6.07) is 12.4. The van der Waals surface area contributed by atoms with E-state index >= 15 is 0 Å². The van der Waals surface area contributed by atoms with E-state index in [0.717, 1.165) is 0 Å². The second-order valence-electron chi connectivity index (χ2n) is 7.40. The molecule has 0 fully saturated rings. The molecule has 4 rings (SSSR count). The Hall–Kier alpha value is -3.30. The van der Waals surface area contributed by atoms with Gasteiger partial charge in [0.15, 0.2) is 6.61 Å². The monoisotopic (exact) mass is 487 g/mol. The van der Waals surface area contributed by atoms with E-state index in [4.69, 9.17) is 16.3 Å².